The fraction of sp³-hybridized carbons (Fsp3) is 0.258. The third-order valence-electron chi connectivity index (χ3n) is 6.16. The second-order valence-corrected chi connectivity index (χ2v) is 9.41. The summed E-state index contributed by atoms with van der Waals surface area (Å²) >= 11 is 5.34. The van der Waals surface area contributed by atoms with Gasteiger partial charge >= 0.3 is 0 Å². The Kier molecular flexibility index (Phi) is 10.1. The highest BCUT2D eigenvalue weighted by molar-refractivity contribution is 7.80. The van der Waals surface area contributed by atoms with Gasteiger partial charge in [-0.15, -0.1) is 0 Å². The van der Waals surface area contributed by atoms with Gasteiger partial charge in [0.15, 0.2) is 16.6 Å². The van der Waals surface area contributed by atoms with E-state index in [1.54, 1.807) is 68.9 Å². The molecule has 0 saturated carbocycles. The van der Waals surface area contributed by atoms with Crippen molar-refractivity contribution in [3.63, 3.8) is 0 Å². The number of fused-ring (bicyclic) bond motifs is 1. The van der Waals surface area contributed by atoms with Gasteiger partial charge in [-0.3, -0.25) is 15.1 Å². The molecular weight excluding hydrogens is 526 g/mol. The molecule has 208 valence electrons. The molecule has 9 heteroatoms. The Bertz CT molecular complexity index is 1440. The number of anilines is 1. The van der Waals surface area contributed by atoms with E-state index in [-0.39, 0.29) is 11.0 Å². The standard InChI is InChI=1S/C31H33N3O5S/c1-4-5-6-7-18-38-23-12-8-21(9-13-23)30(35)34-31(40)33-22-10-14-24(15-11-22)39-27-16-17-32-26-20-29(37-3)28(36-2)19-25(26)27/h8-17,19-20H,4-7,18H2,1-3H3,(H2,33,34,35,40). The molecule has 4 aromatic rings. The minimum Gasteiger partial charge on any atom is -0.494 e. The van der Waals surface area contributed by atoms with Crippen LogP contribution in [0.4, 0.5) is 5.69 Å². The highest BCUT2D eigenvalue weighted by atomic mass is 32.1. The molecule has 8 nitrogen and oxygen atoms in total. The summed E-state index contributed by atoms with van der Waals surface area (Å²) < 4.78 is 22.7. The molecule has 0 aliphatic carbocycles. The molecule has 0 saturated heterocycles. The Balaban J connectivity index is 1.31. The first-order valence-electron chi connectivity index (χ1n) is 13.1. The van der Waals surface area contributed by atoms with E-state index >= 15 is 0 Å². The molecule has 0 bridgehead atoms. The van der Waals surface area contributed by atoms with Gasteiger partial charge in [-0.05, 0) is 79.3 Å². The van der Waals surface area contributed by atoms with Crippen molar-refractivity contribution in [1.82, 2.24) is 10.3 Å². The van der Waals surface area contributed by atoms with Crippen LogP contribution in [-0.4, -0.2) is 36.8 Å². The number of nitrogens with one attached hydrogen (secondary N) is 2. The Morgan fingerprint density at radius 3 is 2.25 bits per heavy atom. The van der Waals surface area contributed by atoms with Gasteiger partial charge in [0.1, 0.15) is 17.2 Å². The number of thiocarbonyl (C=S) groups is 1. The predicted molar refractivity (Wildman–Crippen MR) is 161 cm³/mol. The van der Waals surface area contributed by atoms with Gasteiger partial charge in [-0.1, -0.05) is 26.2 Å². The molecule has 40 heavy (non-hydrogen) atoms. The molecule has 1 amide bonds. The highest BCUT2D eigenvalue weighted by Crippen LogP contribution is 2.37. The van der Waals surface area contributed by atoms with Crippen LogP contribution < -0.4 is 29.6 Å². The van der Waals surface area contributed by atoms with Gasteiger partial charge in [0, 0.05) is 28.9 Å². The Morgan fingerprint density at radius 1 is 0.850 bits per heavy atom. The lowest BCUT2D eigenvalue weighted by Crippen LogP contribution is -2.34. The van der Waals surface area contributed by atoms with E-state index in [0.717, 1.165) is 29.5 Å². The number of aromatic nitrogens is 1. The van der Waals surface area contributed by atoms with Gasteiger partial charge in [0.05, 0.1) is 26.3 Å². The summed E-state index contributed by atoms with van der Waals surface area (Å²) in [7, 11) is 3.17. The first kappa shape index (κ1) is 28.6. The molecular formula is C31H33N3O5S. The molecule has 0 aliphatic heterocycles. The van der Waals surface area contributed by atoms with Crippen molar-refractivity contribution in [3.8, 4) is 28.7 Å². The van der Waals surface area contributed by atoms with E-state index < -0.39 is 0 Å². The number of ether oxygens (including phenoxy) is 4. The van der Waals surface area contributed by atoms with E-state index in [9.17, 15) is 4.79 Å². The zero-order valence-electron chi connectivity index (χ0n) is 22.9. The number of unbranched alkanes of at least 4 members (excludes halogenated alkanes) is 3. The Hall–Kier alpha value is -4.37. The van der Waals surface area contributed by atoms with Crippen LogP contribution in [0.3, 0.4) is 0 Å². The van der Waals surface area contributed by atoms with Crippen molar-refractivity contribution in [3.05, 3.63) is 78.5 Å². The van der Waals surface area contributed by atoms with E-state index in [1.807, 2.05) is 18.2 Å². The summed E-state index contributed by atoms with van der Waals surface area (Å²) in [5.74, 6) is 2.87. The van der Waals surface area contributed by atoms with Crippen LogP contribution in [0.25, 0.3) is 10.9 Å². The van der Waals surface area contributed by atoms with Crippen LogP contribution in [0.2, 0.25) is 0 Å². The monoisotopic (exact) mass is 559 g/mol. The van der Waals surface area contributed by atoms with Crippen molar-refractivity contribution in [2.75, 3.05) is 26.1 Å². The molecule has 0 atom stereocenters. The maximum atomic E-state index is 12.6. The maximum absolute atomic E-state index is 12.6. The molecule has 1 aromatic heterocycles. The number of carbonyl (C=O) groups is 1. The summed E-state index contributed by atoms with van der Waals surface area (Å²) in [6.45, 7) is 2.85. The van der Waals surface area contributed by atoms with E-state index in [2.05, 4.69) is 22.5 Å². The first-order chi connectivity index (χ1) is 19.5. The number of rotatable bonds is 12. The molecule has 1 heterocycles. The minimum atomic E-state index is -0.302. The van der Waals surface area contributed by atoms with Crippen LogP contribution in [0.15, 0.2) is 72.9 Å². The first-order valence-corrected chi connectivity index (χ1v) is 13.6. The Morgan fingerprint density at radius 2 is 1.55 bits per heavy atom. The number of methoxy groups -OCH3 is 2. The number of hydrogen-bond acceptors (Lipinski definition) is 7. The van der Waals surface area contributed by atoms with Gasteiger partial charge in [-0.25, -0.2) is 0 Å². The normalized spacial score (nSPS) is 10.6. The molecule has 0 spiro atoms. The second kappa shape index (κ2) is 14.1. The predicted octanol–water partition coefficient (Wildman–Crippen LogP) is 7.13. The van der Waals surface area contributed by atoms with Crippen LogP contribution in [0.5, 0.6) is 28.7 Å². The average Bonchev–Trinajstić information content (AvgIpc) is 2.97. The van der Waals surface area contributed by atoms with E-state index in [0.29, 0.717) is 40.9 Å². The third kappa shape index (κ3) is 7.60. The van der Waals surface area contributed by atoms with Crippen LogP contribution >= 0.6 is 12.2 Å². The van der Waals surface area contributed by atoms with Crippen LogP contribution in [0, 0.1) is 0 Å². The molecule has 0 aliphatic rings. The molecule has 0 radical (unpaired) electrons. The number of amides is 1. The van der Waals surface area contributed by atoms with Gasteiger partial charge < -0.3 is 24.3 Å². The molecule has 0 unspecified atom stereocenters. The van der Waals surface area contributed by atoms with Crippen LogP contribution in [0.1, 0.15) is 43.0 Å². The smallest absolute Gasteiger partial charge is 0.257 e. The molecule has 2 N–H and O–H groups in total. The van der Waals surface area contributed by atoms with E-state index in [1.165, 1.54) is 12.8 Å². The maximum Gasteiger partial charge on any atom is 0.257 e. The molecule has 4 rings (SSSR count). The quantitative estimate of drug-likeness (QED) is 0.140. The van der Waals surface area contributed by atoms with Gasteiger partial charge in [0.2, 0.25) is 0 Å². The fourth-order valence-electron chi connectivity index (χ4n) is 4.03. The number of hydrogen-bond donors (Lipinski definition) is 2. The average molecular weight is 560 g/mol. The van der Waals surface area contributed by atoms with Crippen LogP contribution in [-0.2, 0) is 0 Å². The van der Waals surface area contributed by atoms with E-state index in [4.69, 9.17) is 31.2 Å². The minimum absolute atomic E-state index is 0.191. The second-order valence-electron chi connectivity index (χ2n) is 9.00. The summed E-state index contributed by atoms with van der Waals surface area (Å²) in [5, 5.41) is 6.71. The summed E-state index contributed by atoms with van der Waals surface area (Å²) in [5.41, 5.74) is 1.92. The third-order valence-corrected chi connectivity index (χ3v) is 6.36. The summed E-state index contributed by atoms with van der Waals surface area (Å²) in [6, 6.07) is 19.7. The van der Waals surface area contributed by atoms with Crippen molar-refractivity contribution >= 4 is 39.8 Å². The number of nitrogens with zero attached hydrogens (tertiary/aromatic N) is 1. The van der Waals surface area contributed by atoms with Crippen molar-refractivity contribution < 1.29 is 23.7 Å². The molecule has 3 aromatic carbocycles. The lowest BCUT2D eigenvalue weighted by atomic mass is 10.2. The lowest BCUT2D eigenvalue weighted by molar-refractivity contribution is 0.0977. The number of carbonyl (C=O) groups excluding carboxylic acids is 1. The Labute approximate surface area is 239 Å². The zero-order valence-corrected chi connectivity index (χ0v) is 23.7. The number of pyridine rings is 1. The topological polar surface area (TPSA) is 90.9 Å². The van der Waals surface area contributed by atoms with Crippen molar-refractivity contribution in [1.29, 1.82) is 0 Å². The fourth-order valence-corrected chi connectivity index (χ4v) is 4.24. The summed E-state index contributed by atoms with van der Waals surface area (Å²) in [4.78, 5) is 17.0. The van der Waals surface area contributed by atoms with Gasteiger partial charge in [-0.2, -0.15) is 0 Å². The SMILES string of the molecule is CCCCCCOc1ccc(C(=O)NC(=S)Nc2ccc(Oc3ccnc4cc(OC)c(OC)cc34)cc2)cc1. The van der Waals surface area contributed by atoms with Gasteiger partial charge in [0.25, 0.3) is 5.91 Å². The summed E-state index contributed by atoms with van der Waals surface area (Å²) in [6.07, 6.45) is 6.26. The lowest BCUT2D eigenvalue weighted by Gasteiger charge is -2.13. The zero-order chi connectivity index (χ0) is 28.3. The highest BCUT2D eigenvalue weighted by Gasteiger charge is 2.12. The number of benzene rings is 3. The van der Waals surface area contributed by atoms with Crippen molar-refractivity contribution in [2.45, 2.75) is 32.6 Å². The molecule has 0 fully saturated rings. The largest absolute Gasteiger partial charge is 0.494 e. The van der Waals surface area contributed by atoms with Crippen molar-refractivity contribution in [2.24, 2.45) is 0 Å².